The molecule has 2 aromatic carbocycles. The first-order valence-electron chi connectivity index (χ1n) is 12.8. The van der Waals surface area contributed by atoms with Crippen LogP contribution in [0, 0.1) is 28.1 Å². The molecule has 5 rings (SSSR count). The van der Waals surface area contributed by atoms with E-state index in [4.69, 9.17) is 16.3 Å². The lowest BCUT2D eigenvalue weighted by atomic mass is 9.51. The van der Waals surface area contributed by atoms with E-state index in [1.807, 2.05) is 6.07 Å². The van der Waals surface area contributed by atoms with Gasteiger partial charge < -0.3 is 4.74 Å². The Hall–Kier alpha value is -2.82. The topological polar surface area (TPSA) is 73.9 Å². The number of hydrogen-bond acceptors (Lipinski definition) is 4. The van der Waals surface area contributed by atoms with Gasteiger partial charge in [-0.15, -0.1) is 0 Å². The van der Waals surface area contributed by atoms with Crippen molar-refractivity contribution in [2.75, 3.05) is 0 Å². The second-order valence-electron chi connectivity index (χ2n) is 10.4. The summed E-state index contributed by atoms with van der Waals surface area (Å²) in [4.78, 5) is 11.7. The first-order valence-corrected chi connectivity index (χ1v) is 13.2. The number of hydrogen-bond donors (Lipinski definition) is 0. The van der Waals surface area contributed by atoms with Crippen LogP contribution in [0.2, 0.25) is 5.02 Å². The van der Waals surface area contributed by atoms with E-state index in [9.17, 15) is 15.3 Å². The second kappa shape index (κ2) is 10.4. The van der Waals surface area contributed by atoms with Crippen LogP contribution < -0.4 is 4.74 Å². The number of aryl methyl sites for hydroxylation is 2. The quantitative estimate of drug-likeness (QED) is 0.283. The Kier molecular flexibility index (Phi) is 7.53. The van der Waals surface area contributed by atoms with E-state index in [0.717, 1.165) is 16.1 Å². The zero-order valence-electron chi connectivity index (χ0n) is 20.8. The number of nitrogens with zero attached hydrogens (tertiary/aromatic N) is 2. The first kappa shape index (κ1) is 25.3. The molecule has 0 aliphatic heterocycles. The van der Waals surface area contributed by atoms with Crippen molar-refractivity contribution in [2.45, 2.75) is 89.9 Å². The number of rotatable bonds is 8. The molecule has 0 atom stereocenters. The van der Waals surface area contributed by atoms with Crippen LogP contribution in [0.5, 0.6) is 5.75 Å². The normalized spacial score (nSPS) is 22.9. The molecule has 3 aliphatic carbocycles. The van der Waals surface area contributed by atoms with Gasteiger partial charge in [-0.3, -0.25) is 4.79 Å². The van der Waals surface area contributed by atoms with Crippen molar-refractivity contribution in [3.05, 3.63) is 63.2 Å². The highest BCUT2D eigenvalue weighted by Crippen LogP contribution is 2.59. The molecular weight excluding hydrogens is 456 g/mol. The van der Waals surface area contributed by atoms with Gasteiger partial charge in [-0.25, -0.2) is 0 Å². The van der Waals surface area contributed by atoms with Crippen molar-refractivity contribution in [3.63, 3.8) is 0 Å². The highest BCUT2D eigenvalue weighted by atomic mass is 35.5. The Balaban J connectivity index is 1.50. The van der Waals surface area contributed by atoms with Crippen molar-refractivity contribution < 1.29 is 9.53 Å². The molecule has 35 heavy (non-hydrogen) atoms. The molecule has 0 radical (unpaired) electrons. The second-order valence-corrected chi connectivity index (χ2v) is 10.8. The molecule has 0 aromatic heterocycles. The van der Waals surface area contributed by atoms with Crippen LogP contribution in [0.15, 0.2) is 30.3 Å². The summed E-state index contributed by atoms with van der Waals surface area (Å²) in [6.07, 6.45) is 11.9. The Bertz CT molecular complexity index is 1180. The average Bonchev–Trinajstić information content (AvgIpc) is 2.89. The summed E-state index contributed by atoms with van der Waals surface area (Å²) in [7, 11) is 0. The van der Waals surface area contributed by atoms with E-state index in [1.165, 1.54) is 56.9 Å². The minimum Gasteiger partial charge on any atom is -0.425 e. The third-order valence-corrected chi connectivity index (χ3v) is 8.85. The average molecular weight is 489 g/mol. The van der Waals surface area contributed by atoms with E-state index in [2.05, 4.69) is 31.2 Å². The summed E-state index contributed by atoms with van der Waals surface area (Å²) in [5.41, 5.74) is 4.42. The number of fused-ring (bicyclic) bond motifs is 3. The number of benzene rings is 2. The minimum absolute atomic E-state index is 0.112. The molecule has 0 amide bonds. The predicted molar refractivity (Wildman–Crippen MR) is 137 cm³/mol. The summed E-state index contributed by atoms with van der Waals surface area (Å²) in [5.74, 6) is -0.291. The van der Waals surface area contributed by atoms with Crippen LogP contribution in [-0.4, -0.2) is 5.97 Å². The maximum absolute atomic E-state index is 11.7. The SMILES string of the molecule is CCCC12CCC(c3ccc(CCc4ccc(OC(=O)CC)c(C#N)c4C#N)c(Cl)c3)(CC1)CC2. The predicted octanol–water partition coefficient (Wildman–Crippen LogP) is 7.58. The van der Waals surface area contributed by atoms with Crippen molar-refractivity contribution in [3.8, 4) is 17.9 Å². The lowest BCUT2D eigenvalue weighted by Gasteiger charge is -2.54. The van der Waals surface area contributed by atoms with Crippen molar-refractivity contribution >= 4 is 17.6 Å². The molecule has 0 N–H and O–H groups in total. The van der Waals surface area contributed by atoms with Gasteiger partial charge in [-0.05, 0) is 97.4 Å². The third kappa shape index (κ3) is 4.96. The minimum atomic E-state index is -0.434. The molecule has 2 aromatic rings. The zero-order chi connectivity index (χ0) is 25.1. The summed E-state index contributed by atoms with van der Waals surface area (Å²) in [6.45, 7) is 3.99. The lowest BCUT2D eigenvalue weighted by molar-refractivity contribution is -0.134. The van der Waals surface area contributed by atoms with E-state index in [1.54, 1.807) is 19.1 Å². The van der Waals surface area contributed by atoms with Crippen LogP contribution in [0.25, 0.3) is 0 Å². The summed E-state index contributed by atoms with van der Waals surface area (Å²) < 4.78 is 5.25. The fraction of sp³-hybridized carbons (Fsp3) is 0.500. The Morgan fingerprint density at radius 3 is 2.14 bits per heavy atom. The number of nitriles is 2. The number of halogens is 1. The number of carbonyl (C=O) groups excluding carboxylic acids is 1. The van der Waals surface area contributed by atoms with E-state index >= 15 is 0 Å². The highest BCUT2D eigenvalue weighted by Gasteiger charge is 2.48. The highest BCUT2D eigenvalue weighted by molar-refractivity contribution is 6.31. The van der Waals surface area contributed by atoms with Crippen LogP contribution >= 0.6 is 11.6 Å². The molecule has 5 heteroatoms. The lowest BCUT2D eigenvalue weighted by Crippen LogP contribution is -2.44. The van der Waals surface area contributed by atoms with Gasteiger partial charge in [0, 0.05) is 11.4 Å². The molecule has 3 fully saturated rings. The maximum atomic E-state index is 11.7. The van der Waals surface area contributed by atoms with Gasteiger partial charge in [0.15, 0.2) is 0 Å². The molecule has 0 unspecified atom stereocenters. The number of carbonyl (C=O) groups is 1. The van der Waals surface area contributed by atoms with Gasteiger partial charge in [0.1, 0.15) is 23.5 Å². The van der Waals surface area contributed by atoms with Crippen LogP contribution in [0.1, 0.15) is 99.5 Å². The summed E-state index contributed by atoms with van der Waals surface area (Å²) >= 11 is 6.78. The standard InChI is InChI=1S/C30H33ClN2O2/c1-3-11-29-12-15-30(16-13-29,17-14-29)23-9-7-22(26(31)18-23)6-5-21-8-10-27(35-28(34)4-2)25(20-33)24(21)19-32/h7-10,18H,3-6,11-17H2,1-2H3. The van der Waals surface area contributed by atoms with Gasteiger partial charge in [0.25, 0.3) is 0 Å². The fourth-order valence-electron chi connectivity index (χ4n) is 6.30. The van der Waals surface area contributed by atoms with Gasteiger partial charge in [-0.1, -0.05) is 50.1 Å². The van der Waals surface area contributed by atoms with Crippen LogP contribution in [-0.2, 0) is 23.1 Å². The molecule has 2 bridgehead atoms. The monoisotopic (exact) mass is 488 g/mol. The van der Waals surface area contributed by atoms with Gasteiger partial charge in [0.2, 0.25) is 0 Å². The first-order chi connectivity index (χ1) is 16.9. The largest absolute Gasteiger partial charge is 0.425 e. The molecule has 4 nitrogen and oxygen atoms in total. The van der Waals surface area contributed by atoms with E-state index in [-0.39, 0.29) is 28.7 Å². The summed E-state index contributed by atoms with van der Waals surface area (Å²) in [6, 6.07) is 14.1. The molecular formula is C30H33ClN2O2. The third-order valence-electron chi connectivity index (χ3n) is 8.50. The smallest absolute Gasteiger partial charge is 0.310 e. The van der Waals surface area contributed by atoms with Crippen molar-refractivity contribution in [1.29, 1.82) is 10.5 Å². The van der Waals surface area contributed by atoms with Crippen LogP contribution in [0.3, 0.4) is 0 Å². The Labute approximate surface area is 213 Å². The van der Waals surface area contributed by atoms with E-state index < -0.39 is 5.97 Å². The van der Waals surface area contributed by atoms with Gasteiger partial charge in [0.05, 0.1) is 5.56 Å². The molecule has 3 saturated carbocycles. The van der Waals surface area contributed by atoms with Crippen LogP contribution in [0.4, 0.5) is 0 Å². The van der Waals surface area contributed by atoms with Crippen molar-refractivity contribution in [1.82, 2.24) is 0 Å². The number of esters is 1. The Morgan fingerprint density at radius 1 is 0.943 bits per heavy atom. The van der Waals surface area contributed by atoms with Gasteiger partial charge in [-0.2, -0.15) is 10.5 Å². The number of ether oxygens (including phenoxy) is 1. The van der Waals surface area contributed by atoms with Crippen molar-refractivity contribution in [2.24, 2.45) is 5.41 Å². The maximum Gasteiger partial charge on any atom is 0.310 e. The molecule has 0 heterocycles. The molecule has 3 aliphatic rings. The zero-order valence-corrected chi connectivity index (χ0v) is 21.5. The summed E-state index contributed by atoms with van der Waals surface area (Å²) in [5, 5.41) is 20.1. The fourth-order valence-corrected chi connectivity index (χ4v) is 6.58. The Morgan fingerprint density at radius 2 is 1.57 bits per heavy atom. The van der Waals surface area contributed by atoms with E-state index in [0.29, 0.717) is 18.3 Å². The molecule has 0 saturated heterocycles. The molecule has 0 spiro atoms. The molecule has 182 valence electrons. The van der Waals surface area contributed by atoms with Gasteiger partial charge >= 0.3 is 5.97 Å².